The molecule has 2 rings (SSSR count). The maximum Gasteiger partial charge on any atom is 0.335 e. The Morgan fingerprint density at radius 1 is 0.560 bits per heavy atom. The molecule has 0 aromatic heterocycles. The van der Waals surface area contributed by atoms with E-state index in [-0.39, 0.29) is 22.3 Å². The van der Waals surface area contributed by atoms with E-state index in [9.17, 15) is 19.2 Å². The van der Waals surface area contributed by atoms with Crippen LogP contribution in [0, 0.1) is 6.92 Å². The molecule has 0 aliphatic rings. The lowest BCUT2D eigenvalue weighted by molar-refractivity contribution is 0.0681. The van der Waals surface area contributed by atoms with Crippen molar-refractivity contribution in [2.45, 2.75) is 6.92 Å². The summed E-state index contributed by atoms with van der Waals surface area (Å²) >= 11 is 0. The van der Waals surface area contributed by atoms with Gasteiger partial charge in [-0.3, -0.25) is 0 Å². The number of rotatable bonds is 4. The molecule has 0 amide bonds. The van der Waals surface area contributed by atoms with Crippen molar-refractivity contribution in [3.63, 3.8) is 0 Å². The van der Waals surface area contributed by atoms with E-state index in [1.807, 2.05) is 0 Å². The van der Waals surface area contributed by atoms with Crippen LogP contribution in [-0.2, 0) is 0 Å². The molecule has 0 aliphatic carbocycles. The Morgan fingerprint density at radius 2 is 0.840 bits per heavy atom. The molecule has 4 N–H and O–H groups in total. The molecule has 0 saturated heterocycles. The first-order chi connectivity index (χ1) is 11.6. The molecule has 0 bridgehead atoms. The highest BCUT2D eigenvalue weighted by atomic mass is 16.4. The Labute approximate surface area is 141 Å². The van der Waals surface area contributed by atoms with Gasteiger partial charge in [0.2, 0.25) is 0 Å². The van der Waals surface area contributed by atoms with E-state index in [1.54, 1.807) is 6.92 Å². The number of carboxylic acid groups (broad SMARTS) is 4. The van der Waals surface area contributed by atoms with Gasteiger partial charge in [-0.15, -0.1) is 0 Å². The highest BCUT2D eigenvalue weighted by Crippen LogP contribution is 2.09. The van der Waals surface area contributed by atoms with Crippen LogP contribution in [0.25, 0.3) is 0 Å². The Kier molecular flexibility index (Phi) is 6.39. The molecule has 0 unspecified atom stereocenters. The third kappa shape index (κ3) is 5.79. The van der Waals surface area contributed by atoms with Crippen LogP contribution in [0.5, 0.6) is 0 Å². The van der Waals surface area contributed by atoms with Gasteiger partial charge in [0.25, 0.3) is 0 Å². The Balaban J connectivity index is 0.000000251. The predicted molar refractivity (Wildman–Crippen MR) is 85.5 cm³/mol. The molecule has 0 radical (unpaired) electrons. The Morgan fingerprint density at radius 3 is 1.08 bits per heavy atom. The summed E-state index contributed by atoms with van der Waals surface area (Å²) in [5, 5.41) is 34.2. The predicted octanol–water partition coefficient (Wildman–Crippen LogP) is 2.47. The monoisotopic (exact) mass is 346 g/mol. The zero-order valence-corrected chi connectivity index (χ0v) is 13.0. The average Bonchev–Trinajstić information content (AvgIpc) is 2.54. The lowest BCUT2D eigenvalue weighted by atomic mass is 10.1. The average molecular weight is 346 g/mol. The van der Waals surface area contributed by atoms with E-state index < -0.39 is 23.9 Å². The maximum absolute atomic E-state index is 10.5. The van der Waals surface area contributed by atoms with E-state index >= 15 is 0 Å². The fraction of sp³-hybridized carbons (Fsp3) is 0.0588. The largest absolute Gasteiger partial charge is 0.478 e. The second-order valence-electron chi connectivity index (χ2n) is 4.89. The summed E-state index contributed by atoms with van der Waals surface area (Å²) < 4.78 is 0. The van der Waals surface area contributed by atoms with Crippen LogP contribution in [-0.4, -0.2) is 44.3 Å². The molecular formula is C17H14O8. The SMILES string of the molecule is Cc1cc(C(=O)O)cc(C(=O)O)c1.O=C(O)c1ccc(C(=O)O)cc1. The lowest BCUT2D eigenvalue weighted by Crippen LogP contribution is -2.02. The number of carbonyl (C=O) groups is 4. The summed E-state index contributed by atoms with van der Waals surface area (Å²) in [6, 6.07) is 9.01. The van der Waals surface area contributed by atoms with Gasteiger partial charge in [-0.25, -0.2) is 19.2 Å². The van der Waals surface area contributed by atoms with Crippen LogP contribution in [0.4, 0.5) is 0 Å². The smallest absolute Gasteiger partial charge is 0.335 e. The molecule has 8 nitrogen and oxygen atoms in total. The van der Waals surface area contributed by atoms with Crippen LogP contribution in [0.1, 0.15) is 47.0 Å². The van der Waals surface area contributed by atoms with Crippen LogP contribution < -0.4 is 0 Å². The van der Waals surface area contributed by atoms with Crippen molar-refractivity contribution in [2.75, 3.05) is 0 Å². The van der Waals surface area contributed by atoms with Crippen molar-refractivity contribution in [1.29, 1.82) is 0 Å². The van der Waals surface area contributed by atoms with Gasteiger partial charge < -0.3 is 20.4 Å². The number of benzene rings is 2. The Hall–Kier alpha value is -3.68. The van der Waals surface area contributed by atoms with Crippen LogP contribution in [0.2, 0.25) is 0 Å². The summed E-state index contributed by atoms with van der Waals surface area (Å²) in [7, 11) is 0. The number of aromatic carboxylic acids is 4. The third-order valence-electron chi connectivity index (χ3n) is 2.95. The van der Waals surface area contributed by atoms with Crippen molar-refractivity contribution in [3.05, 3.63) is 70.3 Å². The van der Waals surface area contributed by atoms with Gasteiger partial charge in [0, 0.05) is 0 Å². The molecule has 2 aromatic rings. The van der Waals surface area contributed by atoms with Crippen LogP contribution in [0.3, 0.4) is 0 Å². The molecule has 25 heavy (non-hydrogen) atoms. The molecule has 130 valence electrons. The fourth-order valence-electron chi connectivity index (χ4n) is 1.79. The molecule has 0 saturated carbocycles. The topological polar surface area (TPSA) is 149 Å². The first-order valence-corrected chi connectivity index (χ1v) is 6.76. The van der Waals surface area contributed by atoms with E-state index in [4.69, 9.17) is 20.4 Å². The second kappa shape index (κ2) is 8.25. The zero-order valence-electron chi connectivity index (χ0n) is 13.0. The molecule has 0 aliphatic heterocycles. The zero-order chi connectivity index (χ0) is 19.1. The highest BCUT2D eigenvalue weighted by molar-refractivity contribution is 5.94. The quantitative estimate of drug-likeness (QED) is 0.659. The molecule has 0 atom stereocenters. The van der Waals surface area contributed by atoms with E-state index in [1.165, 1.54) is 36.4 Å². The standard InChI is InChI=1S/C9H8O4.C8H6O4/c1-5-2-6(8(10)11)4-7(3-5)9(12)13;9-7(10)5-1-2-6(4-3-5)8(11)12/h2-4H,1H3,(H,10,11)(H,12,13);1-4H,(H,9,10)(H,11,12). The molecule has 0 heterocycles. The summed E-state index contributed by atoms with van der Waals surface area (Å²) in [4.78, 5) is 41.7. The first-order valence-electron chi connectivity index (χ1n) is 6.76. The van der Waals surface area contributed by atoms with Gasteiger partial charge >= 0.3 is 23.9 Å². The Bertz CT molecular complexity index is 756. The van der Waals surface area contributed by atoms with Gasteiger partial charge in [-0.05, 0) is 55.0 Å². The van der Waals surface area contributed by atoms with Gasteiger partial charge in [0.05, 0.1) is 22.3 Å². The van der Waals surface area contributed by atoms with Crippen molar-refractivity contribution in [1.82, 2.24) is 0 Å². The van der Waals surface area contributed by atoms with Crippen LogP contribution in [0.15, 0.2) is 42.5 Å². The molecule has 8 heteroatoms. The van der Waals surface area contributed by atoms with E-state index in [0.717, 1.165) is 6.07 Å². The minimum atomic E-state index is -1.12. The van der Waals surface area contributed by atoms with Gasteiger partial charge in [0.15, 0.2) is 0 Å². The van der Waals surface area contributed by atoms with Crippen molar-refractivity contribution in [3.8, 4) is 0 Å². The maximum atomic E-state index is 10.5. The van der Waals surface area contributed by atoms with Crippen molar-refractivity contribution in [2.24, 2.45) is 0 Å². The molecular weight excluding hydrogens is 332 g/mol. The van der Waals surface area contributed by atoms with E-state index in [0.29, 0.717) is 5.56 Å². The number of carboxylic acids is 4. The van der Waals surface area contributed by atoms with E-state index in [2.05, 4.69) is 0 Å². The molecule has 0 spiro atoms. The summed E-state index contributed by atoms with van der Waals surface area (Å²) in [6.07, 6.45) is 0. The highest BCUT2D eigenvalue weighted by Gasteiger charge is 2.09. The van der Waals surface area contributed by atoms with Gasteiger partial charge in [-0.1, -0.05) is 0 Å². The summed E-state index contributed by atoms with van der Waals surface area (Å²) in [6.45, 7) is 1.65. The van der Waals surface area contributed by atoms with Gasteiger partial charge in [-0.2, -0.15) is 0 Å². The lowest BCUT2D eigenvalue weighted by Gasteiger charge is -1.99. The normalized spacial score (nSPS) is 9.48. The van der Waals surface area contributed by atoms with Gasteiger partial charge in [0.1, 0.15) is 0 Å². The van der Waals surface area contributed by atoms with Crippen molar-refractivity contribution >= 4 is 23.9 Å². The molecule has 0 fully saturated rings. The summed E-state index contributed by atoms with van der Waals surface area (Å²) in [5.74, 6) is -4.36. The van der Waals surface area contributed by atoms with Crippen molar-refractivity contribution < 1.29 is 39.6 Å². The first kappa shape index (κ1) is 19.4. The second-order valence-corrected chi connectivity index (χ2v) is 4.89. The minimum Gasteiger partial charge on any atom is -0.478 e. The number of hydrogen-bond acceptors (Lipinski definition) is 4. The summed E-state index contributed by atoms with van der Waals surface area (Å²) in [5.41, 5.74) is 0.784. The number of hydrogen-bond donors (Lipinski definition) is 4. The third-order valence-corrected chi connectivity index (χ3v) is 2.95. The number of aryl methyl sites for hydroxylation is 1. The minimum absolute atomic E-state index is 0.00241. The molecule has 2 aromatic carbocycles. The van der Waals surface area contributed by atoms with Crippen LogP contribution >= 0.6 is 0 Å². The fourth-order valence-corrected chi connectivity index (χ4v) is 1.79.